The first kappa shape index (κ1) is 10.5. The number of piperidine rings is 1. The molecule has 0 N–H and O–H groups in total. The van der Waals surface area contributed by atoms with Gasteiger partial charge in [0.15, 0.2) is 11.4 Å². The molecule has 17 heavy (non-hydrogen) atoms. The summed E-state index contributed by atoms with van der Waals surface area (Å²) in [5.41, 5.74) is 0.678. The number of rotatable bonds is 1. The summed E-state index contributed by atoms with van der Waals surface area (Å²) in [5, 5.41) is 0.951. The van der Waals surface area contributed by atoms with Crippen LogP contribution >= 0.6 is 0 Å². The van der Waals surface area contributed by atoms with Gasteiger partial charge < -0.3 is 9.32 Å². The van der Waals surface area contributed by atoms with Crippen LogP contribution in [-0.2, 0) is 0 Å². The van der Waals surface area contributed by atoms with Gasteiger partial charge in [0.25, 0.3) is 5.92 Å². The van der Waals surface area contributed by atoms with Gasteiger partial charge in [0, 0.05) is 37.5 Å². The van der Waals surface area contributed by atoms with Crippen molar-refractivity contribution in [3.05, 3.63) is 24.6 Å². The molecule has 0 saturated carbocycles. The van der Waals surface area contributed by atoms with E-state index in [9.17, 15) is 8.78 Å². The number of hydrogen-bond acceptors (Lipinski definition) is 3. The van der Waals surface area contributed by atoms with Crippen molar-refractivity contribution >= 4 is 16.8 Å². The van der Waals surface area contributed by atoms with Crippen molar-refractivity contribution in [3.63, 3.8) is 0 Å². The van der Waals surface area contributed by atoms with Gasteiger partial charge in [-0.3, -0.25) is 0 Å². The molecule has 3 heterocycles. The number of pyridine rings is 1. The largest absolute Gasteiger partial charge is 0.460 e. The Bertz CT molecular complexity index is 528. The van der Waals surface area contributed by atoms with Crippen LogP contribution in [0.2, 0.25) is 0 Å². The van der Waals surface area contributed by atoms with Crippen LogP contribution in [0.5, 0.6) is 0 Å². The quantitative estimate of drug-likeness (QED) is 0.764. The second-order valence-corrected chi connectivity index (χ2v) is 4.32. The van der Waals surface area contributed by atoms with Crippen molar-refractivity contribution in [2.24, 2.45) is 0 Å². The maximum Gasteiger partial charge on any atom is 0.251 e. The number of nitrogens with zero attached hydrogens (tertiary/aromatic N) is 2. The molecule has 3 rings (SSSR count). The van der Waals surface area contributed by atoms with E-state index >= 15 is 0 Å². The number of furan rings is 1. The Balaban J connectivity index is 1.92. The van der Waals surface area contributed by atoms with Crippen LogP contribution < -0.4 is 4.90 Å². The molecule has 0 amide bonds. The van der Waals surface area contributed by atoms with Crippen molar-refractivity contribution in [2.45, 2.75) is 18.8 Å². The number of halogens is 2. The average Bonchev–Trinajstić information content (AvgIpc) is 2.77. The molecule has 0 bridgehead atoms. The lowest BCUT2D eigenvalue weighted by atomic mass is 10.1. The van der Waals surface area contributed by atoms with E-state index in [0.717, 1.165) is 5.39 Å². The van der Waals surface area contributed by atoms with E-state index in [1.165, 1.54) is 0 Å². The van der Waals surface area contributed by atoms with E-state index in [1.807, 2.05) is 17.0 Å². The smallest absolute Gasteiger partial charge is 0.251 e. The zero-order chi connectivity index (χ0) is 11.9. The molecule has 0 aromatic carbocycles. The number of hydrogen-bond donors (Lipinski definition) is 0. The van der Waals surface area contributed by atoms with Crippen LogP contribution in [0.15, 0.2) is 29.0 Å². The summed E-state index contributed by atoms with van der Waals surface area (Å²) in [6.07, 6.45) is 3.03. The summed E-state index contributed by atoms with van der Waals surface area (Å²) < 4.78 is 31.5. The van der Waals surface area contributed by atoms with Crippen molar-refractivity contribution in [2.75, 3.05) is 18.0 Å². The van der Waals surface area contributed by atoms with E-state index in [1.54, 1.807) is 12.5 Å². The monoisotopic (exact) mass is 238 g/mol. The van der Waals surface area contributed by atoms with E-state index in [0.29, 0.717) is 24.5 Å². The average molecular weight is 238 g/mol. The first-order valence-corrected chi connectivity index (χ1v) is 5.61. The zero-order valence-electron chi connectivity index (χ0n) is 9.20. The van der Waals surface area contributed by atoms with E-state index in [4.69, 9.17) is 4.42 Å². The molecule has 1 aliphatic rings. The number of alkyl halides is 2. The van der Waals surface area contributed by atoms with Crippen molar-refractivity contribution in [3.8, 4) is 0 Å². The summed E-state index contributed by atoms with van der Waals surface area (Å²) in [5.74, 6) is -1.86. The second-order valence-electron chi connectivity index (χ2n) is 4.32. The van der Waals surface area contributed by atoms with E-state index in [-0.39, 0.29) is 12.8 Å². The Kier molecular flexibility index (Phi) is 2.28. The predicted molar refractivity (Wildman–Crippen MR) is 60.4 cm³/mol. The molecule has 5 heteroatoms. The van der Waals surface area contributed by atoms with Crippen LogP contribution in [-0.4, -0.2) is 24.0 Å². The van der Waals surface area contributed by atoms with Crippen LogP contribution in [0.1, 0.15) is 12.8 Å². The third kappa shape index (κ3) is 1.85. The summed E-state index contributed by atoms with van der Waals surface area (Å²) in [7, 11) is 0. The predicted octanol–water partition coefficient (Wildman–Crippen LogP) is 3.06. The first-order chi connectivity index (χ1) is 8.16. The van der Waals surface area contributed by atoms with Gasteiger partial charge in [-0.15, -0.1) is 0 Å². The van der Waals surface area contributed by atoms with Crippen molar-refractivity contribution in [1.82, 2.24) is 4.98 Å². The van der Waals surface area contributed by atoms with Gasteiger partial charge in [0.05, 0.1) is 6.26 Å². The fourth-order valence-electron chi connectivity index (χ4n) is 2.15. The zero-order valence-corrected chi connectivity index (χ0v) is 9.20. The SMILES string of the molecule is FC1(F)CCN(c2nccc3ccoc23)CC1. The fourth-order valence-corrected chi connectivity index (χ4v) is 2.15. The molecule has 90 valence electrons. The van der Waals surface area contributed by atoms with Crippen LogP contribution in [0.4, 0.5) is 14.6 Å². The van der Waals surface area contributed by atoms with E-state index in [2.05, 4.69) is 4.98 Å². The highest BCUT2D eigenvalue weighted by molar-refractivity contribution is 5.86. The van der Waals surface area contributed by atoms with Gasteiger partial charge in [-0.25, -0.2) is 13.8 Å². The highest BCUT2D eigenvalue weighted by atomic mass is 19.3. The summed E-state index contributed by atoms with van der Waals surface area (Å²) in [6, 6.07) is 3.69. The Morgan fingerprint density at radius 1 is 1.24 bits per heavy atom. The highest BCUT2D eigenvalue weighted by Crippen LogP contribution is 2.32. The van der Waals surface area contributed by atoms with Gasteiger partial charge >= 0.3 is 0 Å². The van der Waals surface area contributed by atoms with Crippen molar-refractivity contribution < 1.29 is 13.2 Å². The Hall–Kier alpha value is -1.65. The Morgan fingerprint density at radius 2 is 2.00 bits per heavy atom. The van der Waals surface area contributed by atoms with Crippen LogP contribution in [0.3, 0.4) is 0 Å². The van der Waals surface area contributed by atoms with Crippen molar-refractivity contribution in [1.29, 1.82) is 0 Å². The number of fused-ring (bicyclic) bond motifs is 1. The topological polar surface area (TPSA) is 29.3 Å². The minimum Gasteiger partial charge on any atom is -0.460 e. The maximum atomic E-state index is 13.1. The lowest BCUT2D eigenvalue weighted by molar-refractivity contribution is -0.0221. The molecule has 1 fully saturated rings. The van der Waals surface area contributed by atoms with Gasteiger partial charge in [-0.05, 0) is 12.1 Å². The highest BCUT2D eigenvalue weighted by Gasteiger charge is 2.35. The van der Waals surface area contributed by atoms with Crippen LogP contribution in [0, 0.1) is 0 Å². The summed E-state index contributed by atoms with van der Waals surface area (Å²) in [6.45, 7) is 0.639. The molecule has 2 aromatic heterocycles. The number of aromatic nitrogens is 1. The molecule has 0 unspecified atom stereocenters. The maximum absolute atomic E-state index is 13.1. The Labute approximate surface area is 97.0 Å². The van der Waals surface area contributed by atoms with E-state index < -0.39 is 5.92 Å². The standard InChI is InChI=1S/C12H12F2N2O/c13-12(14)3-6-16(7-4-12)11-10-9(1-5-15-11)2-8-17-10/h1-2,5,8H,3-4,6-7H2. The minimum absolute atomic E-state index is 0.119. The molecule has 3 nitrogen and oxygen atoms in total. The minimum atomic E-state index is -2.53. The third-order valence-corrected chi connectivity index (χ3v) is 3.14. The lowest BCUT2D eigenvalue weighted by Gasteiger charge is -2.32. The molecular formula is C12H12F2N2O. The fraction of sp³-hybridized carbons (Fsp3) is 0.417. The van der Waals surface area contributed by atoms with Gasteiger partial charge in [-0.1, -0.05) is 0 Å². The molecule has 2 aromatic rings. The first-order valence-electron chi connectivity index (χ1n) is 5.61. The van der Waals surface area contributed by atoms with Gasteiger partial charge in [0.2, 0.25) is 0 Å². The molecule has 1 saturated heterocycles. The normalized spacial score (nSPS) is 19.8. The molecule has 0 atom stereocenters. The van der Waals surface area contributed by atoms with Crippen LogP contribution in [0.25, 0.3) is 11.0 Å². The Morgan fingerprint density at radius 3 is 2.76 bits per heavy atom. The summed E-state index contributed by atoms with van der Waals surface area (Å²) >= 11 is 0. The summed E-state index contributed by atoms with van der Waals surface area (Å²) in [4.78, 5) is 6.10. The third-order valence-electron chi connectivity index (χ3n) is 3.14. The molecule has 0 spiro atoms. The second kappa shape index (κ2) is 3.68. The molecule has 0 aliphatic carbocycles. The number of anilines is 1. The molecule has 1 aliphatic heterocycles. The molecular weight excluding hydrogens is 226 g/mol. The van der Waals surface area contributed by atoms with Gasteiger partial charge in [-0.2, -0.15) is 0 Å². The lowest BCUT2D eigenvalue weighted by Crippen LogP contribution is -2.39. The van der Waals surface area contributed by atoms with Gasteiger partial charge in [0.1, 0.15) is 0 Å². The molecule has 0 radical (unpaired) electrons.